The third-order valence-electron chi connectivity index (χ3n) is 3.50. The molecule has 4 heteroatoms. The predicted octanol–water partition coefficient (Wildman–Crippen LogP) is 1.97. The van der Waals surface area contributed by atoms with Crippen LogP contribution in [0.2, 0.25) is 0 Å². The lowest BCUT2D eigenvalue weighted by Gasteiger charge is -2.32. The standard InChI is InChI=1S/C14H28N2O2/c1-2-10-18-11-6-9-16-13(17)12-14(15)7-4-3-5-8-14/h2-12,15H2,1H3,(H,16,17). The second kappa shape index (κ2) is 8.48. The van der Waals surface area contributed by atoms with Crippen LogP contribution in [0.25, 0.3) is 0 Å². The van der Waals surface area contributed by atoms with E-state index in [1.807, 2.05) is 0 Å². The van der Waals surface area contributed by atoms with E-state index in [1.165, 1.54) is 6.42 Å². The Morgan fingerprint density at radius 1 is 1.28 bits per heavy atom. The van der Waals surface area contributed by atoms with Gasteiger partial charge in [0.1, 0.15) is 0 Å². The molecule has 0 radical (unpaired) electrons. The normalized spacial score (nSPS) is 18.6. The molecule has 1 rings (SSSR count). The first kappa shape index (κ1) is 15.4. The maximum Gasteiger partial charge on any atom is 0.221 e. The quantitative estimate of drug-likeness (QED) is 0.653. The zero-order chi connectivity index (χ0) is 13.3. The van der Waals surface area contributed by atoms with E-state index in [9.17, 15) is 4.79 Å². The number of carbonyl (C=O) groups is 1. The third-order valence-corrected chi connectivity index (χ3v) is 3.50. The summed E-state index contributed by atoms with van der Waals surface area (Å²) >= 11 is 0. The van der Waals surface area contributed by atoms with Gasteiger partial charge in [-0.15, -0.1) is 0 Å². The summed E-state index contributed by atoms with van der Waals surface area (Å²) in [6.45, 7) is 4.31. The molecule has 4 nitrogen and oxygen atoms in total. The van der Waals surface area contributed by atoms with Gasteiger partial charge in [0.25, 0.3) is 0 Å². The first-order valence-corrected chi connectivity index (χ1v) is 7.30. The van der Waals surface area contributed by atoms with Gasteiger partial charge in [-0.05, 0) is 25.7 Å². The molecule has 0 aromatic carbocycles. The van der Waals surface area contributed by atoms with E-state index in [0.29, 0.717) is 13.0 Å². The van der Waals surface area contributed by atoms with E-state index in [4.69, 9.17) is 10.5 Å². The Kier molecular flexibility index (Phi) is 7.28. The first-order valence-electron chi connectivity index (χ1n) is 7.30. The summed E-state index contributed by atoms with van der Waals surface area (Å²) in [5.74, 6) is 0.0925. The molecule has 1 aliphatic rings. The first-order chi connectivity index (χ1) is 8.66. The largest absolute Gasteiger partial charge is 0.381 e. The van der Waals surface area contributed by atoms with Crippen molar-refractivity contribution >= 4 is 5.91 Å². The van der Waals surface area contributed by atoms with Crippen LogP contribution >= 0.6 is 0 Å². The molecule has 18 heavy (non-hydrogen) atoms. The van der Waals surface area contributed by atoms with Crippen molar-refractivity contribution in [2.45, 2.75) is 63.8 Å². The van der Waals surface area contributed by atoms with Crippen LogP contribution in [0.1, 0.15) is 58.3 Å². The Morgan fingerprint density at radius 3 is 2.67 bits per heavy atom. The second-order valence-electron chi connectivity index (χ2n) is 5.42. The van der Waals surface area contributed by atoms with E-state index in [1.54, 1.807) is 0 Å². The maximum absolute atomic E-state index is 11.8. The van der Waals surface area contributed by atoms with E-state index in [2.05, 4.69) is 12.2 Å². The molecule has 106 valence electrons. The average Bonchev–Trinajstić information content (AvgIpc) is 2.34. The van der Waals surface area contributed by atoms with Crippen molar-refractivity contribution in [2.75, 3.05) is 19.8 Å². The molecule has 0 unspecified atom stereocenters. The SMILES string of the molecule is CCCOCCCNC(=O)CC1(N)CCCCC1. The van der Waals surface area contributed by atoms with Crippen LogP contribution in [-0.2, 0) is 9.53 Å². The molecule has 1 fully saturated rings. The molecule has 1 aliphatic carbocycles. The fourth-order valence-corrected chi connectivity index (χ4v) is 2.46. The average molecular weight is 256 g/mol. The van der Waals surface area contributed by atoms with Crippen LogP contribution in [0, 0.1) is 0 Å². The van der Waals surface area contributed by atoms with Crippen molar-refractivity contribution in [3.8, 4) is 0 Å². The Labute approximate surface area is 111 Å². The van der Waals surface area contributed by atoms with Gasteiger partial charge in [-0.3, -0.25) is 4.79 Å². The minimum absolute atomic E-state index is 0.0925. The van der Waals surface area contributed by atoms with E-state index < -0.39 is 0 Å². The summed E-state index contributed by atoms with van der Waals surface area (Å²) in [5, 5.41) is 2.93. The molecule has 0 heterocycles. The van der Waals surface area contributed by atoms with E-state index in [0.717, 1.165) is 51.7 Å². The number of ether oxygens (including phenoxy) is 1. The van der Waals surface area contributed by atoms with Gasteiger partial charge in [0.2, 0.25) is 5.91 Å². The number of nitrogens with one attached hydrogen (secondary N) is 1. The molecule has 1 amide bonds. The van der Waals surface area contributed by atoms with Gasteiger partial charge >= 0.3 is 0 Å². The Bertz CT molecular complexity index is 238. The molecular weight excluding hydrogens is 228 g/mol. The minimum atomic E-state index is -0.249. The molecule has 0 atom stereocenters. The lowest BCUT2D eigenvalue weighted by Crippen LogP contribution is -2.46. The summed E-state index contributed by atoms with van der Waals surface area (Å²) < 4.78 is 5.36. The van der Waals surface area contributed by atoms with Crippen molar-refractivity contribution < 1.29 is 9.53 Å². The summed E-state index contributed by atoms with van der Waals surface area (Å²) in [7, 11) is 0. The molecule has 0 spiro atoms. The topological polar surface area (TPSA) is 64.3 Å². The summed E-state index contributed by atoms with van der Waals surface area (Å²) in [6.07, 6.45) is 7.95. The Balaban J connectivity index is 2.06. The number of hydrogen-bond donors (Lipinski definition) is 2. The molecule has 3 N–H and O–H groups in total. The highest BCUT2D eigenvalue weighted by atomic mass is 16.5. The highest BCUT2D eigenvalue weighted by Crippen LogP contribution is 2.28. The Morgan fingerprint density at radius 2 is 2.00 bits per heavy atom. The fourth-order valence-electron chi connectivity index (χ4n) is 2.46. The maximum atomic E-state index is 11.8. The summed E-state index contributed by atoms with van der Waals surface area (Å²) in [6, 6.07) is 0. The van der Waals surface area contributed by atoms with Crippen molar-refractivity contribution in [3.05, 3.63) is 0 Å². The van der Waals surface area contributed by atoms with Crippen LogP contribution in [-0.4, -0.2) is 31.2 Å². The highest BCUT2D eigenvalue weighted by Gasteiger charge is 2.29. The van der Waals surface area contributed by atoms with Gasteiger partial charge in [-0.25, -0.2) is 0 Å². The molecular formula is C14H28N2O2. The van der Waals surface area contributed by atoms with Gasteiger partial charge in [-0.1, -0.05) is 26.2 Å². The van der Waals surface area contributed by atoms with Crippen LogP contribution in [0.5, 0.6) is 0 Å². The molecule has 0 aromatic heterocycles. The zero-order valence-electron chi connectivity index (χ0n) is 11.7. The van der Waals surface area contributed by atoms with Crippen LogP contribution in [0.15, 0.2) is 0 Å². The molecule has 0 aliphatic heterocycles. The van der Waals surface area contributed by atoms with Crippen LogP contribution in [0.4, 0.5) is 0 Å². The van der Waals surface area contributed by atoms with Gasteiger partial charge < -0.3 is 15.8 Å². The predicted molar refractivity (Wildman–Crippen MR) is 73.4 cm³/mol. The Hall–Kier alpha value is -0.610. The summed E-state index contributed by atoms with van der Waals surface area (Å²) in [5.41, 5.74) is 6.00. The van der Waals surface area contributed by atoms with Crippen molar-refractivity contribution in [1.29, 1.82) is 0 Å². The van der Waals surface area contributed by atoms with Crippen LogP contribution in [0.3, 0.4) is 0 Å². The lowest BCUT2D eigenvalue weighted by molar-refractivity contribution is -0.122. The number of rotatable bonds is 8. The van der Waals surface area contributed by atoms with Gasteiger partial charge in [0.05, 0.1) is 0 Å². The molecule has 1 saturated carbocycles. The number of hydrogen-bond acceptors (Lipinski definition) is 3. The fraction of sp³-hybridized carbons (Fsp3) is 0.929. The summed E-state index contributed by atoms with van der Waals surface area (Å²) in [4.78, 5) is 11.8. The van der Waals surface area contributed by atoms with Crippen LogP contribution < -0.4 is 11.1 Å². The van der Waals surface area contributed by atoms with Gasteiger partial charge in [0.15, 0.2) is 0 Å². The molecule has 0 bridgehead atoms. The second-order valence-corrected chi connectivity index (χ2v) is 5.42. The molecule has 0 aromatic rings. The number of amides is 1. The van der Waals surface area contributed by atoms with Crippen molar-refractivity contribution in [1.82, 2.24) is 5.32 Å². The van der Waals surface area contributed by atoms with Crippen molar-refractivity contribution in [2.24, 2.45) is 5.73 Å². The number of nitrogens with two attached hydrogens (primary N) is 1. The van der Waals surface area contributed by atoms with E-state index in [-0.39, 0.29) is 11.4 Å². The highest BCUT2D eigenvalue weighted by molar-refractivity contribution is 5.77. The van der Waals surface area contributed by atoms with Gasteiger partial charge in [0, 0.05) is 31.7 Å². The zero-order valence-corrected chi connectivity index (χ0v) is 11.7. The van der Waals surface area contributed by atoms with Crippen molar-refractivity contribution in [3.63, 3.8) is 0 Å². The van der Waals surface area contributed by atoms with Gasteiger partial charge in [-0.2, -0.15) is 0 Å². The minimum Gasteiger partial charge on any atom is -0.381 e. The van der Waals surface area contributed by atoms with E-state index >= 15 is 0 Å². The monoisotopic (exact) mass is 256 g/mol. The molecule has 0 saturated heterocycles. The number of carbonyl (C=O) groups excluding carboxylic acids is 1. The third kappa shape index (κ3) is 6.36. The lowest BCUT2D eigenvalue weighted by atomic mass is 9.80. The smallest absolute Gasteiger partial charge is 0.221 e.